The zero-order valence-corrected chi connectivity index (χ0v) is 22.5. The summed E-state index contributed by atoms with van der Waals surface area (Å²) in [5.41, 5.74) is 8.86. The van der Waals surface area contributed by atoms with Crippen LogP contribution in [0.4, 0.5) is 17.1 Å². The highest BCUT2D eigenvalue weighted by atomic mass is 16.6. The Morgan fingerprint density at radius 3 is 1.62 bits per heavy atom. The van der Waals surface area contributed by atoms with Crippen molar-refractivity contribution < 1.29 is 9.53 Å². The predicted molar refractivity (Wildman–Crippen MR) is 154 cm³/mol. The second kappa shape index (κ2) is 7.80. The molecular formula is C34H35N3O2. The molecule has 6 aliphatic rings. The highest BCUT2D eigenvalue weighted by Gasteiger charge is 2.91. The molecule has 198 valence electrons. The molecule has 5 heteroatoms. The van der Waals surface area contributed by atoms with Gasteiger partial charge in [0.25, 0.3) is 0 Å². The summed E-state index contributed by atoms with van der Waals surface area (Å²) in [4.78, 5) is 20.9. The molecule has 2 atom stereocenters. The van der Waals surface area contributed by atoms with E-state index >= 15 is 0 Å². The Hall–Kier alpha value is -3.47. The quantitative estimate of drug-likeness (QED) is 0.391. The molecule has 3 aromatic rings. The van der Waals surface area contributed by atoms with E-state index in [2.05, 4.69) is 69.3 Å². The molecule has 0 bridgehead atoms. The van der Waals surface area contributed by atoms with Gasteiger partial charge in [-0.1, -0.05) is 24.3 Å². The molecule has 4 fully saturated rings. The van der Waals surface area contributed by atoms with E-state index in [1.807, 2.05) is 6.07 Å². The Balaban J connectivity index is 1.20. The number of hydrogen-bond donors (Lipinski definition) is 0. The van der Waals surface area contributed by atoms with Crippen LogP contribution in [0, 0.1) is 0 Å². The summed E-state index contributed by atoms with van der Waals surface area (Å²) < 4.78 is 6.49. The smallest absolute Gasteiger partial charge is 0.339 e. The number of anilines is 3. The minimum atomic E-state index is -0.575. The number of benzene rings is 3. The van der Waals surface area contributed by atoms with Crippen molar-refractivity contribution in [3.63, 3.8) is 0 Å². The van der Waals surface area contributed by atoms with Crippen LogP contribution in [-0.2, 0) is 15.8 Å². The molecule has 0 amide bonds. The van der Waals surface area contributed by atoms with Crippen LogP contribution >= 0.6 is 0 Å². The van der Waals surface area contributed by atoms with Crippen LogP contribution in [0.1, 0.15) is 77.1 Å². The van der Waals surface area contributed by atoms with Gasteiger partial charge in [-0.05, 0) is 91.6 Å². The van der Waals surface area contributed by atoms with Crippen molar-refractivity contribution in [1.82, 2.24) is 0 Å². The maximum absolute atomic E-state index is 13.3. The minimum absolute atomic E-state index is 0.147. The molecule has 9 rings (SSSR count). The first kappa shape index (κ1) is 22.4. The second-order valence-electron chi connectivity index (χ2n) is 12.5. The summed E-state index contributed by atoms with van der Waals surface area (Å²) in [6.07, 6.45) is 7.56. The zero-order valence-electron chi connectivity index (χ0n) is 22.5. The summed E-state index contributed by atoms with van der Waals surface area (Å²) >= 11 is 0. The summed E-state index contributed by atoms with van der Waals surface area (Å²) in [6, 6.07) is 22.8. The number of carbonyl (C=O) groups is 1. The number of fused-ring (bicyclic) bond motifs is 1. The van der Waals surface area contributed by atoms with Crippen LogP contribution in [0.3, 0.4) is 0 Å². The van der Waals surface area contributed by atoms with Crippen LogP contribution in [0.15, 0.2) is 60.7 Å². The first-order chi connectivity index (χ1) is 19.2. The number of nitrogens with zero attached hydrogens (tertiary/aromatic N) is 3. The fraction of sp³-hybridized carbons (Fsp3) is 0.441. The molecular weight excluding hydrogens is 482 g/mol. The topological polar surface area (TPSA) is 36.0 Å². The monoisotopic (exact) mass is 517 g/mol. The Morgan fingerprint density at radius 1 is 0.615 bits per heavy atom. The Labute approximate surface area is 230 Å². The van der Waals surface area contributed by atoms with Crippen LogP contribution in [0.25, 0.3) is 0 Å². The van der Waals surface area contributed by atoms with Gasteiger partial charge in [-0.2, -0.15) is 0 Å². The van der Waals surface area contributed by atoms with Gasteiger partial charge in [0.1, 0.15) is 0 Å². The molecule has 2 unspecified atom stereocenters. The standard InChI is InChI=1S/C34H35N3O2/c38-32-27-15-16-28(37-21-5-6-22-37)29-30(27)34(39-32)31(29)33(34,23-7-11-25(12-8-23)35-17-1-2-18-35)24-9-13-26(14-10-24)36-19-3-4-20-36/h7-16,31H,1-6,17-22H2. The fourth-order valence-electron chi connectivity index (χ4n) is 8.98. The van der Waals surface area contributed by atoms with Crippen molar-refractivity contribution in [3.8, 4) is 0 Å². The normalized spacial score (nSPS) is 27.4. The predicted octanol–water partition coefficient (Wildman–Crippen LogP) is 5.95. The van der Waals surface area contributed by atoms with Crippen LogP contribution in [0.5, 0.6) is 0 Å². The third kappa shape index (κ3) is 2.69. The zero-order chi connectivity index (χ0) is 25.8. The largest absolute Gasteiger partial charge is 0.448 e. The van der Waals surface area contributed by atoms with Crippen molar-refractivity contribution in [2.75, 3.05) is 54.0 Å². The van der Waals surface area contributed by atoms with Gasteiger partial charge in [0, 0.05) is 61.9 Å². The number of hydrogen-bond acceptors (Lipinski definition) is 5. The van der Waals surface area contributed by atoms with Crippen molar-refractivity contribution in [2.24, 2.45) is 0 Å². The first-order valence-electron chi connectivity index (χ1n) is 15.1. The number of ether oxygens (including phenoxy) is 1. The fourth-order valence-corrected chi connectivity index (χ4v) is 8.98. The molecule has 4 heterocycles. The third-order valence-electron chi connectivity index (χ3n) is 10.7. The van der Waals surface area contributed by atoms with Crippen molar-refractivity contribution in [3.05, 3.63) is 88.5 Å². The van der Waals surface area contributed by atoms with Crippen molar-refractivity contribution in [1.29, 1.82) is 0 Å². The van der Waals surface area contributed by atoms with E-state index in [4.69, 9.17) is 4.74 Å². The molecule has 39 heavy (non-hydrogen) atoms. The van der Waals surface area contributed by atoms with Gasteiger partial charge in [-0.25, -0.2) is 4.79 Å². The number of carbonyl (C=O) groups excluding carboxylic acids is 1. The van der Waals surface area contributed by atoms with E-state index in [1.165, 1.54) is 77.8 Å². The Kier molecular flexibility index (Phi) is 4.47. The number of esters is 1. The average Bonchev–Trinajstić information content (AvgIpc) is 3.70. The van der Waals surface area contributed by atoms with Gasteiger partial charge < -0.3 is 19.4 Å². The van der Waals surface area contributed by atoms with E-state index in [0.717, 1.165) is 44.8 Å². The lowest BCUT2D eigenvalue weighted by molar-refractivity contribution is 0.0213. The van der Waals surface area contributed by atoms with E-state index in [9.17, 15) is 4.79 Å². The summed E-state index contributed by atoms with van der Waals surface area (Å²) in [7, 11) is 0. The van der Waals surface area contributed by atoms with Gasteiger partial charge in [-0.3, -0.25) is 0 Å². The number of rotatable bonds is 5. The molecule has 0 radical (unpaired) electrons. The molecule has 1 saturated carbocycles. The van der Waals surface area contributed by atoms with E-state index in [1.54, 1.807) is 0 Å². The second-order valence-corrected chi connectivity index (χ2v) is 12.5. The van der Waals surface area contributed by atoms with Gasteiger partial charge in [0.2, 0.25) is 0 Å². The first-order valence-corrected chi connectivity index (χ1v) is 15.1. The highest BCUT2D eigenvalue weighted by molar-refractivity contribution is 6.03. The molecule has 1 spiro atoms. The minimum Gasteiger partial charge on any atom is -0.448 e. The molecule has 3 aromatic carbocycles. The van der Waals surface area contributed by atoms with E-state index in [-0.39, 0.29) is 17.3 Å². The Morgan fingerprint density at radius 2 is 1.10 bits per heavy atom. The molecule has 0 N–H and O–H groups in total. The van der Waals surface area contributed by atoms with Crippen LogP contribution < -0.4 is 14.7 Å². The molecule has 3 saturated heterocycles. The van der Waals surface area contributed by atoms with Gasteiger partial charge in [0.15, 0.2) is 5.60 Å². The van der Waals surface area contributed by atoms with Gasteiger partial charge in [-0.15, -0.1) is 0 Å². The maximum Gasteiger partial charge on any atom is 0.339 e. The lowest BCUT2D eigenvalue weighted by Gasteiger charge is -2.30. The lowest BCUT2D eigenvalue weighted by atomic mass is 9.81. The summed E-state index contributed by atoms with van der Waals surface area (Å²) in [6.45, 7) is 6.76. The van der Waals surface area contributed by atoms with Gasteiger partial charge in [0.05, 0.1) is 16.9 Å². The maximum atomic E-state index is 13.3. The summed E-state index contributed by atoms with van der Waals surface area (Å²) in [5.74, 6) is 0.0169. The average molecular weight is 518 g/mol. The van der Waals surface area contributed by atoms with Gasteiger partial charge >= 0.3 is 5.97 Å². The molecule has 5 nitrogen and oxygen atoms in total. The van der Waals surface area contributed by atoms with E-state index < -0.39 is 5.60 Å². The SMILES string of the molecule is O=C1OC23c4c1ccc(N1CCCC1)c4C2C3(c1ccc(N2CCCC2)cc1)c1ccc(N2CCCC2)cc1. The molecule has 0 aromatic heterocycles. The van der Waals surface area contributed by atoms with Crippen molar-refractivity contribution in [2.45, 2.75) is 55.5 Å². The van der Waals surface area contributed by atoms with Crippen LogP contribution in [-0.4, -0.2) is 45.2 Å². The summed E-state index contributed by atoms with van der Waals surface area (Å²) in [5, 5.41) is 0. The molecule has 2 aliphatic carbocycles. The Bertz CT molecular complexity index is 1420. The lowest BCUT2D eigenvalue weighted by Crippen LogP contribution is -2.28. The highest BCUT2D eigenvalue weighted by Crippen LogP contribution is 2.88. The third-order valence-corrected chi connectivity index (χ3v) is 10.7. The molecule has 4 aliphatic heterocycles. The van der Waals surface area contributed by atoms with Crippen LogP contribution in [0.2, 0.25) is 0 Å². The van der Waals surface area contributed by atoms with E-state index in [0.29, 0.717) is 0 Å². The van der Waals surface area contributed by atoms with Crippen molar-refractivity contribution >= 4 is 23.0 Å².